The van der Waals surface area contributed by atoms with Crippen molar-refractivity contribution in [2.75, 3.05) is 4.90 Å². The fourth-order valence-corrected chi connectivity index (χ4v) is 3.38. The second-order valence-electron chi connectivity index (χ2n) is 8.25. The van der Waals surface area contributed by atoms with Crippen LogP contribution in [-0.4, -0.2) is 23.3 Å². The van der Waals surface area contributed by atoms with E-state index in [0.717, 1.165) is 6.42 Å². The second kappa shape index (κ2) is 6.38. The van der Waals surface area contributed by atoms with Crippen LogP contribution in [-0.2, 0) is 9.59 Å². The Morgan fingerprint density at radius 2 is 1.50 bits per heavy atom. The van der Waals surface area contributed by atoms with E-state index in [1.54, 1.807) is 24.3 Å². The minimum absolute atomic E-state index is 0.108. The number of carbonyl (C=O) groups excluding carboxylic acids is 3. The molecule has 0 radical (unpaired) electrons. The van der Waals surface area contributed by atoms with Crippen LogP contribution in [0.5, 0.6) is 0 Å². The molecule has 1 heterocycles. The van der Waals surface area contributed by atoms with E-state index in [9.17, 15) is 14.4 Å². The molecular weight excluding hydrogens is 304 g/mol. The Balaban J connectivity index is 2.09. The maximum atomic E-state index is 12.4. The van der Waals surface area contributed by atoms with E-state index in [-0.39, 0.29) is 41.5 Å². The minimum Gasteiger partial charge on any atom is -0.347 e. The van der Waals surface area contributed by atoms with Crippen molar-refractivity contribution in [1.29, 1.82) is 0 Å². The second-order valence-corrected chi connectivity index (χ2v) is 8.25. The van der Waals surface area contributed by atoms with Crippen molar-refractivity contribution >= 4 is 23.4 Å². The van der Waals surface area contributed by atoms with E-state index < -0.39 is 0 Å². The zero-order chi connectivity index (χ0) is 18.1. The monoisotopic (exact) mass is 330 g/mol. The minimum atomic E-state index is -0.325. The highest BCUT2D eigenvalue weighted by atomic mass is 16.2. The largest absolute Gasteiger partial charge is 0.347 e. The van der Waals surface area contributed by atoms with Crippen LogP contribution in [0.4, 0.5) is 5.69 Å². The van der Waals surface area contributed by atoms with Crippen molar-refractivity contribution in [3.8, 4) is 0 Å². The number of amides is 3. The third-order valence-corrected chi connectivity index (χ3v) is 3.86. The lowest BCUT2D eigenvalue weighted by Crippen LogP contribution is -2.45. The first kappa shape index (κ1) is 18.2. The molecule has 5 nitrogen and oxygen atoms in total. The van der Waals surface area contributed by atoms with Gasteiger partial charge in [0.05, 0.1) is 5.69 Å². The Hall–Kier alpha value is -2.17. The van der Waals surface area contributed by atoms with Crippen molar-refractivity contribution in [2.45, 2.75) is 59.4 Å². The summed E-state index contributed by atoms with van der Waals surface area (Å²) in [7, 11) is 0. The first-order valence-corrected chi connectivity index (χ1v) is 8.27. The normalized spacial score (nSPS) is 15.8. The molecule has 1 fully saturated rings. The summed E-state index contributed by atoms with van der Waals surface area (Å²) >= 11 is 0. The molecular formula is C19H26N2O3. The van der Waals surface area contributed by atoms with Gasteiger partial charge >= 0.3 is 0 Å². The number of nitrogens with zero attached hydrogens (tertiary/aromatic N) is 1. The van der Waals surface area contributed by atoms with Crippen LogP contribution in [0.15, 0.2) is 24.3 Å². The zero-order valence-electron chi connectivity index (χ0n) is 15.1. The zero-order valence-corrected chi connectivity index (χ0v) is 15.1. The van der Waals surface area contributed by atoms with Crippen LogP contribution in [0.25, 0.3) is 0 Å². The number of carbonyl (C=O) groups is 3. The SMILES string of the molecule is CC(C)(C)CC(C)(C)NC(=O)c1ccc(N2C(=O)CCC2=O)cc1. The Morgan fingerprint density at radius 1 is 1.00 bits per heavy atom. The van der Waals surface area contributed by atoms with Crippen LogP contribution in [0.2, 0.25) is 0 Å². The van der Waals surface area contributed by atoms with Crippen molar-refractivity contribution in [1.82, 2.24) is 5.32 Å². The van der Waals surface area contributed by atoms with Gasteiger partial charge in [-0.25, -0.2) is 0 Å². The fraction of sp³-hybridized carbons (Fsp3) is 0.526. The van der Waals surface area contributed by atoms with E-state index in [0.29, 0.717) is 11.3 Å². The Bertz CT molecular complexity index is 638. The van der Waals surface area contributed by atoms with Crippen LogP contribution < -0.4 is 10.2 Å². The molecule has 1 aromatic rings. The van der Waals surface area contributed by atoms with Crippen molar-refractivity contribution in [3.05, 3.63) is 29.8 Å². The van der Waals surface area contributed by atoms with E-state index in [1.807, 2.05) is 13.8 Å². The van der Waals surface area contributed by atoms with Gasteiger partial charge in [-0.05, 0) is 49.9 Å². The number of hydrogen-bond donors (Lipinski definition) is 1. The molecule has 0 bridgehead atoms. The molecule has 0 atom stereocenters. The van der Waals surface area contributed by atoms with Crippen LogP contribution in [0.1, 0.15) is 64.2 Å². The topological polar surface area (TPSA) is 66.5 Å². The Kier molecular flexibility index (Phi) is 4.83. The highest BCUT2D eigenvalue weighted by molar-refractivity contribution is 6.19. The summed E-state index contributed by atoms with van der Waals surface area (Å²) in [5.74, 6) is -0.540. The van der Waals surface area contributed by atoms with Gasteiger partial charge in [-0.2, -0.15) is 0 Å². The molecule has 0 aromatic heterocycles. The predicted molar refractivity (Wildman–Crippen MR) is 93.8 cm³/mol. The molecule has 1 N–H and O–H groups in total. The first-order chi connectivity index (χ1) is 11.0. The Labute approximate surface area is 143 Å². The fourth-order valence-electron chi connectivity index (χ4n) is 3.38. The molecule has 0 spiro atoms. The summed E-state index contributed by atoms with van der Waals surface area (Å²) in [6, 6.07) is 6.59. The number of benzene rings is 1. The summed E-state index contributed by atoms with van der Waals surface area (Å²) in [6.07, 6.45) is 1.35. The predicted octanol–water partition coefficient (Wildman–Crippen LogP) is 3.28. The lowest BCUT2D eigenvalue weighted by Gasteiger charge is -2.33. The van der Waals surface area contributed by atoms with E-state index in [2.05, 4.69) is 26.1 Å². The van der Waals surface area contributed by atoms with Gasteiger partial charge in [-0.15, -0.1) is 0 Å². The molecule has 1 aromatic carbocycles. The number of hydrogen-bond acceptors (Lipinski definition) is 3. The van der Waals surface area contributed by atoms with E-state index in [1.165, 1.54) is 4.90 Å². The average Bonchev–Trinajstić information content (AvgIpc) is 2.75. The molecule has 3 amide bonds. The van der Waals surface area contributed by atoms with Crippen LogP contribution in [0.3, 0.4) is 0 Å². The van der Waals surface area contributed by atoms with Gasteiger partial charge in [0.1, 0.15) is 0 Å². The van der Waals surface area contributed by atoms with Gasteiger partial charge in [-0.1, -0.05) is 20.8 Å². The third kappa shape index (κ3) is 4.43. The van der Waals surface area contributed by atoms with Gasteiger partial charge in [0.2, 0.25) is 11.8 Å². The van der Waals surface area contributed by atoms with E-state index >= 15 is 0 Å². The maximum Gasteiger partial charge on any atom is 0.251 e. The van der Waals surface area contributed by atoms with Crippen molar-refractivity contribution in [3.63, 3.8) is 0 Å². The number of imide groups is 1. The summed E-state index contributed by atoms with van der Waals surface area (Å²) in [4.78, 5) is 37.1. The van der Waals surface area contributed by atoms with E-state index in [4.69, 9.17) is 0 Å². The van der Waals surface area contributed by atoms with Gasteiger partial charge in [0, 0.05) is 23.9 Å². The quantitative estimate of drug-likeness (QED) is 0.862. The third-order valence-electron chi connectivity index (χ3n) is 3.86. The highest BCUT2D eigenvalue weighted by Gasteiger charge is 2.31. The molecule has 5 heteroatoms. The molecule has 1 saturated heterocycles. The molecule has 0 aliphatic carbocycles. The smallest absolute Gasteiger partial charge is 0.251 e. The number of rotatable bonds is 4. The van der Waals surface area contributed by atoms with Crippen molar-refractivity contribution < 1.29 is 14.4 Å². The van der Waals surface area contributed by atoms with Gasteiger partial charge in [0.25, 0.3) is 5.91 Å². The van der Waals surface area contributed by atoms with Gasteiger partial charge in [0.15, 0.2) is 0 Å². The number of anilines is 1. The Morgan fingerprint density at radius 3 is 1.96 bits per heavy atom. The van der Waals surface area contributed by atoms with Gasteiger partial charge < -0.3 is 5.32 Å². The maximum absolute atomic E-state index is 12.4. The van der Waals surface area contributed by atoms with Gasteiger partial charge in [-0.3, -0.25) is 19.3 Å². The molecule has 0 unspecified atom stereocenters. The summed E-state index contributed by atoms with van der Waals surface area (Å²) in [5.41, 5.74) is 0.819. The average molecular weight is 330 g/mol. The molecule has 2 rings (SSSR count). The molecule has 0 saturated carbocycles. The highest BCUT2D eigenvalue weighted by Crippen LogP contribution is 2.27. The lowest BCUT2D eigenvalue weighted by molar-refractivity contribution is -0.121. The number of nitrogens with one attached hydrogen (secondary N) is 1. The lowest BCUT2D eigenvalue weighted by atomic mass is 9.81. The van der Waals surface area contributed by atoms with Crippen molar-refractivity contribution in [2.24, 2.45) is 5.41 Å². The molecule has 130 valence electrons. The summed E-state index contributed by atoms with van der Waals surface area (Å²) < 4.78 is 0. The summed E-state index contributed by atoms with van der Waals surface area (Å²) in [6.45, 7) is 10.4. The molecule has 1 aliphatic heterocycles. The standard InChI is InChI=1S/C19H26N2O3/c1-18(2,3)12-19(4,5)20-17(24)13-6-8-14(9-7-13)21-15(22)10-11-16(21)23/h6-9H,10-12H2,1-5H3,(H,20,24). The first-order valence-electron chi connectivity index (χ1n) is 8.27. The molecule has 24 heavy (non-hydrogen) atoms. The molecule has 1 aliphatic rings. The van der Waals surface area contributed by atoms with Crippen LogP contribution >= 0.6 is 0 Å². The summed E-state index contributed by atoms with van der Waals surface area (Å²) in [5, 5.41) is 3.05. The van der Waals surface area contributed by atoms with Crippen LogP contribution in [0, 0.1) is 5.41 Å².